The number of rotatable bonds is 9. The normalized spacial score (nSPS) is 10.5. The van der Waals surface area contributed by atoms with Crippen LogP contribution in [-0.2, 0) is 13.2 Å². The van der Waals surface area contributed by atoms with Gasteiger partial charge in [-0.3, -0.25) is 10.1 Å². The third-order valence-electron chi connectivity index (χ3n) is 4.52. The van der Waals surface area contributed by atoms with Gasteiger partial charge in [-0.05, 0) is 66.9 Å². The van der Waals surface area contributed by atoms with E-state index in [4.69, 9.17) is 21.1 Å². The lowest BCUT2D eigenvalue weighted by molar-refractivity contribution is -0.384. The molecule has 6 nitrogen and oxygen atoms in total. The largest absolute Gasteiger partial charge is 0.490 e. The van der Waals surface area contributed by atoms with E-state index >= 15 is 0 Å². The van der Waals surface area contributed by atoms with Crippen LogP contribution in [0.4, 0.5) is 11.4 Å². The first-order valence-electron chi connectivity index (χ1n) is 9.58. The molecule has 0 aliphatic carbocycles. The molecule has 3 aromatic rings. The second-order valence-corrected chi connectivity index (χ2v) is 7.15. The zero-order chi connectivity index (χ0) is 21.5. The van der Waals surface area contributed by atoms with Crippen LogP contribution < -0.4 is 14.8 Å². The number of halogens is 1. The number of nitrogens with zero attached hydrogens (tertiary/aromatic N) is 1. The summed E-state index contributed by atoms with van der Waals surface area (Å²) in [4.78, 5) is 10.3. The first-order valence-corrected chi connectivity index (χ1v) is 9.96. The number of ether oxygens (including phenoxy) is 2. The van der Waals surface area contributed by atoms with Gasteiger partial charge in [-0.15, -0.1) is 0 Å². The lowest BCUT2D eigenvalue weighted by Crippen LogP contribution is -2.03. The Morgan fingerprint density at radius 1 is 0.967 bits per heavy atom. The van der Waals surface area contributed by atoms with Crippen molar-refractivity contribution in [3.8, 4) is 11.5 Å². The molecule has 0 bridgehead atoms. The number of nitro benzene ring substituents is 1. The zero-order valence-electron chi connectivity index (χ0n) is 16.9. The van der Waals surface area contributed by atoms with Crippen molar-refractivity contribution in [2.45, 2.75) is 27.0 Å². The maximum Gasteiger partial charge on any atom is 0.269 e. The first-order chi connectivity index (χ1) is 14.5. The molecule has 0 fully saturated rings. The molecule has 0 heterocycles. The predicted octanol–water partition coefficient (Wildman–Crippen LogP) is 6.15. The summed E-state index contributed by atoms with van der Waals surface area (Å²) in [6.45, 7) is 5.30. The van der Waals surface area contributed by atoms with Crippen LogP contribution in [0.2, 0.25) is 5.02 Å². The highest BCUT2D eigenvalue weighted by Crippen LogP contribution is 2.30. The smallest absolute Gasteiger partial charge is 0.269 e. The molecule has 0 aromatic heterocycles. The molecule has 0 radical (unpaired) electrons. The van der Waals surface area contributed by atoms with Crippen molar-refractivity contribution >= 4 is 23.0 Å². The fraction of sp³-hybridized carbons (Fsp3) is 0.217. The van der Waals surface area contributed by atoms with Gasteiger partial charge in [0.05, 0.1) is 11.5 Å². The summed E-state index contributed by atoms with van der Waals surface area (Å²) in [5, 5.41) is 14.8. The van der Waals surface area contributed by atoms with E-state index in [9.17, 15) is 10.1 Å². The molecule has 0 unspecified atom stereocenters. The third-order valence-corrected chi connectivity index (χ3v) is 4.93. The Labute approximate surface area is 180 Å². The van der Waals surface area contributed by atoms with Crippen molar-refractivity contribution in [3.05, 3.63) is 92.5 Å². The van der Waals surface area contributed by atoms with Gasteiger partial charge >= 0.3 is 0 Å². The van der Waals surface area contributed by atoms with Crippen molar-refractivity contribution < 1.29 is 14.4 Å². The molecule has 1 N–H and O–H groups in total. The predicted molar refractivity (Wildman–Crippen MR) is 119 cm³/mol. The highest BCUT2D eigenvalue weighted by atomic mass is 35.5. The molecular weight excluding hydrogens is 404 g/mol. The van der Waals surface area contributed by atoms with Crippen LogP contribution in [0.5, 0.6) is 11.5 Å². The molecule has 0 atom stereocenters. The molecule has 7 heteroatoms. The molecule has 0 spiro atoms. The number of non-ortho nitro benzene ring substituents is 1. The lowest BCUT2D eigenvalue weighted by atomic mass is 10.1. The van der Waals surface area contributed by atoms with Crippen LogP contribution in [0, 0.1) is 17.0 Å². The summed E-state index contributed by atoms with van der Waals surface area (Å²) < 4.78 is 11.6. The van der Waals surface area contributed by atoms with Crippen LogP contribution >= 0.6 is 11.6 Å². The molecule has 3 aromatic carbocycles. The summed E-state index contributed by atoms with van der Waals surface area (Å²) >= 11 is 6.18. The highest BCUT2D eigenvalue weighted by molar-refractivity contribution is 6.31. The summed E-state index contributed by atoms with van der Waals surface area (Å²) in [5.41, 5.74) is 3.92. The Morgan fingerprint density at radius 2 is 1.70 bits per heavy atom. The van der Waals surface area contributed by atoms with Gasteiger partial charge in [0.2, 0.25) is 0 Å². The molecular formula is C23H23ClN2O4. The SMILES string of the molecule is CCOc1cc(CNc2ccc(C)c(Cl)c2)ccc1OCc1ccc([N+](=O)[O-])cc1. The van der Waals surface area contributed by atoms with E-state index in [0.717, 1.165) is 27.4 Å². The monoisotopic (exact) mass is 426 g/mol. The molecule has 156 valence electrons. The summed E-state index contributed by atoms with van der Waals surface area (Å²) in [6.07, 6.45) is 0. The van der Waals surface area contributed by atoms with Gasteiger partial charge in [-0.1, -0.05) is 23.7 Å². The molecule has 30 heavy (non-hydrogen) atoms. The molecule has 3 rings (SSSR count). The van der Waals surface area contributed by atoms with Crippen LogP contribution in [0.3, 0.4) is 0 Å². The highest BCUT2D eigenvalue weighted by Gasteiger charge is 2.09. The Balaban J connectivity index is 1.66. The van der Waals surface area contributed by atoms with E-state index in [-0.39, 0.29) is 12.3 Å². The number of benzene rings is 3. The molecule has 0 aliphatic heterocycles. The van der Waals surface area contributed by atoms with Crippen LogP contribution in [0.1, 0.15) is 23.6 Å². The van der Waals surface area contributed by atoms with E-state index < -0.39 is 4.92 Å². The second-order valence-electron chi connectivity index (χ2n) is 6.74. The molecule has 0 amide bonds. The maximum atomic E-state index is 10.8. The Hall–Kier alpha value is -3.25. The fourth-order valence-electron chi connectivity index (χ4n) is 2.83. The fourth-order valence-corrected chi connectivity index (χ4v) is 3.01. The quantitative estimate of drug-likeness (QED) is 0.328. The zero-order valence-corrected chi connectivity index (χ0v) is 17.6. The summed E-state index contributed by atoms with van der Waals surface area (Å²) in [5.74, 6) is 1.28. The van der Waals surface area contributed by atoms with Gasteiger partial charge in [0.15, 0.2) is 11.5 Å². The van der Waals surface area contributed by atoms with Gasteiger partial charge in [-0.2, -0.15) is 0 Å². The number of aryl methyl sites for hydroxylation is 1. The number of nitrogens with one attached hydrogen (secondary N) is 1. The molecule has 0 saturated carbocycles. The Kier molecular flexibility index (Phi) is 7.14. The van der Waals surface area contributed by atoms with Gasteiger partial charge in [0.25, 0.3) is 5.69 Å². The minimum absolute atomic E-state index is 0.0560. The minimum atomic E-state index is -0.421. The van der Waals surface area contributed by atoms with Crippen LogP contribution in [-0.4, -0.2) is 11.5 Å². The van der Waals surface area contributed by atoms with Gasteiger partial charge in [0, 0.05) is 29.4 Å². The standard InChI is InChI=1S/C23H23ClN2O4/c1-3-29-23-12-18(14-25-19-8-4-16(2)21(24)13-19)7-11-22(23)30-15-17-5-9-20(10-6-17)26(27)28/h4-13,25H,3,14-15H2,1-2H3. The molecule has 0 saturated heterocycles. The number of anilines is 1. The van der Waals surface area contributed by atoms with Crippen molar-refractivity contribution in [1.82, 2.24) is 0 Å². The van der Waals surface area contributed by atoms with Crippen molar-refractivity contribution in [3.63, 3.8) is 0 Å². The van der Waals surface area contributed by atoms with Gasteiger partial charge in [-0.25, -0.2) is 0 Å². The average Bonchev–Trinajstić information content (AvgIpc) is 2.74. The van der Waals surface area contributed by atoms with Crippen molar-refractivity contribution in [1.29, 1.82) is 0 Å². The minimum Gasteiger partial charge on any atom is -0.490 e. The third kappa shape index (κ3) is 5.64. The Morgan fingerprint density at radius 3 is 2.37 bits per heavy atom. The topological polar surface area (TPSA) is 73.6 Å². The van der Waals surface area contributed by atoms with E-state index in [1.165, 1.54) is 12.1 Å². The summed E-state index contributed by atoms with van der Waals surface area (Å²) in [6, 6.07) is 18.0. The second kappa shape index (κ2) is 9.98. The van der Waals surface area contributed by atoms with Crippen LogP contribution in [0.15, 0.2) is 60.7 Å². The van der Waals surface area contributed by atoms with Gasteiger partial charge < -0.3 is 14.8 Å². The van der Waals surface area contributed by atoms with Crippen LogP contribution in [0.25, 0.3) is 0 Å². The number of hydrogen-bond acceptors (Lipinski definition) is 5. The van der Waals surface area contributed by atoms with Crippen molar-refractivity contribution in [2.75, 3.05) is 11.9 Å². The number of nitro groups is 1. The van der Waals surface area contributed by atoms with Gasteiger partial charge in [0.1, 0.15) is 6.61 Å². The lowest BCUT2D eigenvalue weighted by Gasteiger charge is -2.14. The maximum absolute atomic E-state index is 10.8. The van der Waals surface area contributed by atoms with Crippen molar-refractivity contribution in [2.24, 2.45) is 0 Å². The Bertz CT molecular complexity index is 1020. The first kappa shape index (κ1) is 21.5. The van der Waals surface area contributed by atoms with E-state index in [2.05, 4.69) is 5.32 Å². The van der Waals surface area contributed by atoms with E-state index in [1.54, 1.807) is 12.1 Å². The van der Waals surface area contributed by atoms with E-state index in [1.807, 2.05) is 50.2 Å². The number of hydrogen-bond donors (Lipinski definition) is 1. The summed E-state index contributed by atoms with van der Waals surface area (Å²) in [7, 11) is 0. The van der Waals surface area contributed by atoms with E-state index in [0.29, 0.717) is 24.7 Å². The molecule has 0 aliphatic rings. The average molecular weight is 427 g/mol.